The van der Waals surface area contributed by atoms with Crippen LogP contribution in [0.4, 0.5) is 13.2 Å². The normalized spacial score (nSPS) is 24.2. The van der Waals surface area contributed by atoms with Crippen molar-refractivity contribution in [1.29, 1.82) is 0 Å². The minimum Gasteiger partial charge on any atom is -0.494 e. The molecule has 0 saturated carbocycles. The van der Waals surface area contributed by atoms with Crippen molar-refractivity contribution in [1.82, 2.24) is 5.32 Å². The molecule has 2 unspecified atom stereocenters. The summed E-state index contributed by atoms with van der Waals surface area (Å²) in [6.45, 7) is 2.88. The van der Waals surface area contributed by atoms with Gasteiger partial charge >= 0.3 is 6.18 Å². The molecule has 0 radical (unpaired) electrons. The fourth-order valence-electron chi connectivity index (χ4n) is 2.43. The van der Waals surface area contributed by atoms with E-state index in [9.17, 15) is 13.2 Å². The lowest BCUT2D eigenvalue weighted by molar-refractivity contribution is -0.183. The molecule has 2 rings (SSSR count). The number of piperidine rings is 1. The van der Waals surface area contributed by atoms with E-state index in [1.165, 1.54) is 0 Å². The Morgan fingerprint density at radius 1 is 1.26 bits per heavy atom. The number of alkyl halides is 3. The lowest BCUT2D eigenvalue weighted by atomic mass is 9.88. The molecule has 1 aliphatic heterocycles. The van der Waals surface area contributed by atoms with Gasteiger partial charge in [-0.25, -0.2) is 0 Å². The molecule has 0 aromatic heterocycles. The first-order valence-corrected chi connectivity index (χ1v) is 6.53. The quantitative estimate of drug-likeness (QED) is 0.907. The maximum Gasteiger partial charge on any atom is 0.391 e. The smallest absolute Gasteiger partial charge is 0.391 e. The van der Waals surface area contributed by atoms with Crippen LogP contribution in [0.3, 0.4) is 0 Å². The Balaban J connectivity index is 2.04. The summed E-state index contributed by atoms with van der Waals surface area (Å²) in [7, 11) is 0. The predicted molar refractivity (Wildman–Crippen MR) is 67.1 cm³/mol. The maximum absolute atomic E-state index is 12.7. The second-order valence-corrected chi connectivity index (χ2v) is 4.77. The third kappa shape index (κ3) is 3.62. The van der Waals surface area contributed by atoms with E-state index in [0.29, 0.717) is 13.2 Å². The summed E-state index contributed by atoms with van der Waals surface area (Å²) in [6, 6.07) is 7.05. The van der Waals surface area contributed by atoms with E-state index in [1.807, 2.05) is 19.1 Å². The molecule has 0 bridgehead atoms. The van der Waals surface area contributed by atoms with Crippen LogP contribution in [0.1, 0.15) is 31.4 Å². The Kier molecular flexibility index (Phi) is 4.34. The van der Waals surface area contributed by atoms with E-state index in [1.54, 1.807) is 12.1 Å². The zero-order valence-corrected chi connectivity index (χ0v) is 10.8. The van der Waals surface area contributed by atoms with Gasteiger partial charge in [0.25, 0.3) is 0 Å². The average molecular weight is 273 g/mol. The van der Waals surface area contributed by atoms with Gasteiger partial charge in [-0.2, -0.15) is 13.2 Å². The number of rotatable bonds is 3. The van der Waals surface area contributed by atoms with Crippen molar-refractivity contribution in [2.75, 3.05) is 13.2 Å². The largest absolute Gasteiger partial charge is 0.494 e. The van der Waals surface area contributed by atoms with Gasteiger partial charge in [0.05, 0.1) is 12.5 Å². The average Bonchev–Trinajstić information content (AvgIpc) is 2.39. The third-order valence-corrected chi connectivity index (χ3v) is 3.46. The zero-order valence-electron chi connectivity index (χ0n) is 10.8. The van der Waals surface area contributed by atoms with Gasteiger partial charge in [0.15, 0.2) is 0 Å². The fraction of sp³-hybridized carbons (Fsp3) is 0.571. The highest BCUT2D eigenvalue weighted by molar-refractivity contribution is 5.29. The second kappa shape index (κ2) is 5.82. The standard InChI is InChI=1S/C14H18F3NO/c1-2-19-12-5-3-10(4-6-12)13-9-11(7-8-18-13)14(15,16)17/h3-6,11,13,18H,2,7-9H2,1H3. The zero-order chi connectivity index (χ0) is 13.9. The molecule has 1 heterocycles. The summed E-state index contributed by atoms with van der Waals surface area (Å²) in [5, 5.41) is 3.15. The van der Waals surface area contributed by atoms with Crippen LogP contribution in [0.15, 0.2) is 24.3 Å². The molecule has 2 nitrogen and oxygen atoms in total. The Bertz CT molecular complexity index is 402. The van der Waals surface area contributed by atoms with Crippen molar-refractivity contribution in [3.8, 4) is 5.75 Å². The predicted octanol–water partition coefficient (Wildman–Crippen LogP) is 3.69. The van der Waals surface area contributed by atoms with Crippen LogP contribution in [-0.2, 0) is 0 Å². The summed E-state index contributed by atoms with van der Waals surface area (Å²) in [4.78, 5) is 0. The first-order valence-electron chi connectivity index (χ1n) is 6.53. The highest BCUT2D eigenvalue weighted by atomic mass is 19.4. The summed E-state index contributed by atoms with van der Waals surface area (Å²) >= 11 is 0. The Labute approximate surface area is 111 Å². The van der Waals surface area contributed by atoms with E-state index in [0.717, 1.165) is 11.3 Å². The molecular weight excluding hydrogens is 255 g/mol. The van der Waals surface area contributed by atoms with Crippen molar-refractivity contribution in [3.63, 3.8) is 0 Å². The molecule has 2 atom stereocenters. The molecule has 1 saturated heterocycles. The molecule has 0 aliphatic carbocycles. The van der Waals surface area contributed by atoms with Crippen LogP contribution < -0.4 is 10.1 Å². The van der Waals surface area contributed by atoms with Gasteiger partial charge in [-0.3, -0.25) is 0 Å². The summed E-state index contributed by atoms with van der Waals surface area (Å²) < 4.78 is 43.6. The van der Waals surface area contributed by atoms with Crippen LogP contribution in [0.5, 0.6) is 5.75 Å². The van der Waals surface area contributed by atoms with Crippen LogP contribution in [-0.4, -0.2) is 19.3 Å². The fourth-order valence-corrected chi connectivity index (χ4v) is 2.43. The van der Waals surface area contributed by atoms with E-state index in [2.05, 4.69) is 5.32 Å². The van der Waals surface area contributed by atoms with E-state index < -0.39 is 12.1 Å². The van der Waals surface area contributed by atoms with Crippen molar-refractivity contribution in [2.45, 2.75) is 32.0 Å². The van der Waals surface area contributed by atoms with E-state index in [4.69, 9.17) is 4.74 Å². The van der Waals surface area contributed by atoms with Crippen molar-refractivity contribution in [3.05, 3.63) is 29.8 Å². The Hall–Kier alpha value is -1.23. The van der Waals surface area contributed by atoms with Crippen LogP contribution in [0, 0.1) is 5.92 Å². The molecule has 1 N–H and O–H groups in total. The molecule has 106 valence electrons. The highest BCUT2D eigenvalue weighted by Gasteiger charge is 2.42. The maximum atomic E-state index is 12.7. The molecule has 1 aliphatic rings. The molecule has 0 amide bonds. The topological polar surface area (TPSA) is 21.3 Å². The minimum atomic E-state index is -4.09. The van der Waals surface area contributed by atoms with Crippen molar-refractivity contribution < 1.29 is 17.9 Å². The number of hydrogen-bond acceptors (Lipinski definition) is 2. The highest BCUT2D eigenvalue weighted by Crippen LogP contribution is 2.38. The first-order chi connectivity index (χ1) is 9.00. The van der Waals surface area contributed by atoms with Gasteiger partial charge in [0, 0.05) is 6.04 Å². The van der Waals surface area contributed by atoms with Gasteiger partial charge in [0.1, 0.15) is 5.75 Å². The van der Waals surface area contributed by atoms with Crippen LogP contribution >= 0.6 is 0 Å². The van der Waals surface area contributed by atoms with Crippen molar-refractivity contribution in [2.24, 2.45) is 5.92 Å². The molecule has 1 fully saturated rings. The number of nitrogens with one attached hydrogen (secondary N) is 1. The Morgan fingerprint density at radius 3 is 2.53 bits per heavy atom. The van der Waals surface area contributed by atoms with Gasteiger partial charge in [-0.05, 0) is 44.0 Å². The van der Waals surface area contributed by atoms with Crippen LogP contribution in [0.25, 0.3) is 0 Å². The number of hydrogen-bond donors (Lipinski definition) is 1. The van der Waals surface area contributed by atoms with Gasteiger partial charge in [-0.15, -0.1) is 0 Å². The summed E-state index contributed by atoms with van der Waals surface area (Å²) in [5.41, 5.74) is 0.886. The Morgan fingerprint density at radius 2 is 1.95 bits per heavy atom. The van der Waals surface area contributed by atoms with Crippen molar-refractivity contribution >= 4 is 0 Å². The third-order valence-electron chi connectivity index (χ3n) is 3.46. The van der Waals surface area contributed by atoms with Gasteiger partial charge in [0.2, 0.25) is 0 Å². The van der Waals surface area contributed by atoms with E-state index >= 15 is 0 Å². The lowest BCUT2D eigenvalue weighted by Gasteiger charge is -2.31. The lowest BCUT2D eigenvalue weighted by Crippen LogP contribution is -2.37. The second-order valence-electron chi connectivity index (χ2n) is 4.77. The SMILES string of the molecule is CCOc1ccc(C2CC(C(F)(F)F)CCN2)cc1. The summed E-state index contributed by atoms with van der Waals surface area (Å²) in [5.74, 6) is -0.459. The summed E-state index contributed by atoms with van der Waals surface area (Å²) in [6.07, 6.45) is -3.82. The van der Waals surface area contributed by atoms with Crippen LogP contribution in [0.2, 0.25) is 0 Å². The van der Waals surface area contributed by atoms with E-state index in [-0.39, 0.29) is 18.9 Å². The monoisotopic (exact) mass is 273 g/mol. The molecule has 0 spiro atoms. The molecule has 1 aromatic rings. The molecule has 5 heteroatoms. The number of benzene rings is 1. The minimum absolute atomic E-state index is 0.109. The number of halogens is 3. The number of ether oxygens (including phenoxy) is 1. The van der Waals surface area contributed by atoms with Gasteiger partial charge < -0.3 is 10.1 Å². The van der Waals surface area contributed by atoms with Gasteiger partial charge in [-0.1, -0.05) is 12.1 Å². The molecule has 19 heavy (non-hydrogen) atoms. The first kappa shape index (κ1) is 14.2. The molecular formula is C14H18F3NO. The molecule has 1 aromatic carbocycles.